The van der Waals surface area contributed by atoms with Gasteiger partial charge in [0.2, 0.25) is 0 Å². The van der Waals surface area contributed by atoms with Crippen LogP contribution in [-0.2, 0) is 9.53 Å². The molecule has 0 radical (unpaired) electrons. The van der Waals surface area contributed by atoms with Crippen LogP contribution in [0.5, 0.6) is 11.5 Å². The van der Waals surface area contributed by atoms with Crippen LogP contribution < -0.4 is 14.8 Å². The summed E-state index contributed by atoms with van der Waals surface area (Å²) in [6.07, 6.45) is 1.67. The molecule has 7 heteroatoms. The molecule has 29 heavy (non-hydrogen) atoms. The minimum absolute atomic E-state index is 0.206. The third kappa shape index (κ3) is 5.36. The van der Waals surface area contributed by atoms with Gasteiger partial charge in [-0.1, -0.05) is 12.1 Å². The normalized spacial score (nSPS) is 14.3. The molecular formula is C22H24N2O5. The Bertz CT molecular complexity index is 869. The molecule has 1 N–H and O–H groups in total. The Morgan fingerprint density at radius 2 is 1.48 bits per heavy atom. The Morgan fingerprint density at radius 1 is 0.931 bits per heavy atom. The number of carbonyl (C=O) groups is 2. The van der Waals surface area contributed by atoms with Crippen LogP contribution in [0.25, 0.3) is 6.08 Å². The molecular weight excluding hydrogens is 372 g/mol. The van der Waals surface area contributed by atoms with Crippen LogP contribution in [0.4, 0.5) is 0 Å². The van der Waals surface area contributed by atoms with E-state index in [1.54, 1.807) is 61.6 Å². The first-order valence-corrected chi connectivity index (χ1v) is 9.29. The molecule has 1 aliphatic heterocycles. The van der Waals surface area contributed by atoms with E-state index in [4.69, 9.17) is 14.2 Å². The lowest BCUT2D eigenvalue weighted by molar-refractivity contribution is -0.131. The zero-order valence-electron chi connectivity index (χ0n) is 16.5. The van der Waals surface area contributed by atoms with E-state index < -0.39 is 0 Å². The van der Waals surface area contributed by atoms with Crippen LogP contribution in [-0.4, -0.2) is 57.2 Å². The number of nitrogens with zero attached hydrogens (tertiary/aromatic N) is 1. The highest BCUT2D eigenvalue weighted by Gasteiger charge is 2.22. The average molecular weight is 396 g/mol. The molecule has 2 aromatic rings. The predicted molar refractivity (Wildman–Crippen MR) is 109 cm³/mol. The molecule has 0 saturated carbocycles. The largest absolute Gasteiger partial charge is 0.497 e. The van der Waals surface area contributed by atoms with Crippen LogP contribution in [0.3, 0.4) is 0 Å². The predicted octanol–water partition coefficient (Wildman–Crippen LogP) is 2.33. The SMILES string of the molecule is COc1ccc(C=C(NC(=O)c2ccc(OC)cc2)C(=O)N2CCOCC2)cc1. The van der Waals surface area contributed by atoms with E-state index in [1.165, 1.54) is 0 Å². The highest BCUT2D eigenvalue weighted by molar-refractivity contribution is 6.05. The average Bonchev–Trinajstić information content (AvgIpc) is 2.79. The number of methoxy groups -OCH3 is 2. The van der Waals surface area contributed by atoms with Gasteiger partial charge >= 0.3 is 0 Å². The lowest BCUT2D eigenvalue weighted by atomic mass is 10.1. The summed E-state index contributed by atoms with van der Waals surface area (Å²) in [5.41, 5.74) is 1.41. The number of nitrogens with one attached hydrogen (secondary N) is 1. The molecule has 0 unspecified atom stereocenters. The first-order valence-electron chi connectivity index (χ1n) is 9.29. The second-order valence-corrected chi connectivity index (χ2v) is 6.42. The van der Waals surface area contributed by atoms with E-state index in [0.717, 1.165) is 5.56 Å². The van der Waals surface area contributed by atoms with Crippen LogP contribution in [0.2, 0.25) is 0 Å². The van der Waals surface area contributed by atoms with E-state index >= 15 is 0 Å². The fourth-order valence-corrected chi connectivity index (χ4v) is 2.89. The number of ether oxygens (including phenoxy) is 3. The molecule has 0 bridgehead atoms. The maximum atomic E-state index is 13.0. The number of benzene rings is 2. The van der Waals surface area contributed by atoms with Gasteiger partial charge in [0.25, 0.3) is 11.8 Å². The maximum absolute atomic E-state index is 13.0. The van der Waals surface area contributed by atoms with Crippen molar-refractivity contribution >= 4 is 17.9 Å². The summed E-state index contributed by atoms with van der Waals surface area (Å²) in [6, 6.07) is 14.0. The number of rotatable bonds is 6. The fraction of sp³-hybridized carbons (Fsp3) is 0.273. The fourth-order valence-electron chi connectivity index (χ4n) is 2.89. The molecule has 152 valence electrons. The molecule has 0 spiro atoms. The van der Waals surface area contributed by atoms with Crippen molar-refractivity contribution in [1.82, 2.24) is 10.2 Å². The van der Waals surface area contributed by atoms with Crippen molar-refractivity contribution in [3.8, 4) is 11.5 Å². The summed E-state index contributed by atoms with van der Waals surface area (Å²) >= 11 is 0. The first kappa shape index (κ1) is 20.4. The van der Waals surface area contributed by atoms with Crippen LogP contribution in [0.15, 0.2) is 54.2 Å². The highest BCUT2D eigenvalue weighted by atomic mass is 16.5. The minimum atomic E-state index is -0.367. The summed E-state index contributed by atoms with van der Waals surface area (Å²) in [4.78, 5) is 27.4. The van der Waals surface area contributed by atoms with E-state index in [-0.39, 0.29) is 17.5 Å². The van der Waals surface area contributed by atoms with Crippen molar-refractivity contribution in [2.24, 2.45) is 0 Å². The van der Waals surface area contributed by atoms with Crippen molar-refractivity contribution in [2.45, 2.75) is 0 Å². The van der Waals surface area contributed by atoms with Gasteiger partial charge in [0.15, 0.2) is 0 Å². The Morgan fingerprint density at radius 3 is 2.03 bits per heavy atom. The summed E-state index contributed by atoms with van der Waals surface area (Å²) in [6.45, 7) is 1.93. The number of hydrogen-bond donors (Lipinski definition) is 1. The number of hydrogen-bond acceptors (Lipinski definition) is 5. The standard InChI is InChI=1S/C22H24N2O5/c1-27-18-7-3-16(4-8-18)15-20(22(26)24-11-13-29-14-12-24)23-21(25)17-5-9-19(28-2)10-6-17/h3-10,15H,11-14H2,1-2H3,(H,23,25). The maximum Gasteiger partial charge on any atom is 0.270 e. The van der Waals surface area contributed by atoms with Gasteiger partial charge in [-0.2, -0.15) is 0 Å². The molecule has 0 aliphatic carbocycles. The van der Waals surface area contributed by atoms with Crippen LogP contribution >= 0.6 is 0 Å². The van der Waals surface area contributed by atoms with Crippen molar-refractivity contribution < 1.29 is 23.8 Å². The summed E-state index contributed by atoms with van der Waals surface area (Å²) in [5, 5.41) is 2.76. The van der Waals surface area contributed by atoms with Gasteiger partial charge in [0, 0.05) is 18.7 Å². The molecule has 1 fully saturated rings. The second kappa shape index (κ2) is 9.75. The minimum Gasteiger partial charge on any atom is -0.497 e. The second-order valence-electron chi connectivity index (χ2n) is 6.42. The van der Waals surface area contributed by atoms with Gasteiger partial charge < -0.3 is 24.4 Å². The van der Waals surface area contributed by atoms with Crippen molar-refractivity contribution in [1.29, 1.82) is 0 Å². The van der Waals surface area contributed by atoms with Gasteiger partial charge in [-0.15, -0.1) is 0 Å². The zero-order valence-corrected chi connectivity index (χ0v) is 16.5. The van der Waals surface area contributed by atoms with Gasteiger partial charge in [-0.05, 0) is 48.0 Å². The topological polar surface area (TPSA) is 77.1 Å². The molecule has 1 aliphatic rings. The van der Waals surface area contributed by atoms with Gasteiger partial charge in [-0.3, -0.25) is 9.59 Å². The molecule has 2 amide bonds. The monoisotopic (exact) mass is 396 g/mol. The van der Waals surface area contributed by atoms with E-state index in [2.05, 4.69) is 5.32 Å². The van der Waals surface area contributed by atoms with Gasteiger partial charge in [-0.25, -0.2) is 0 Å². The Hall–Kier alpha value is -3.32. The van der Waals surface area contributed by atoms with Gasteiger partial charge in [0.05, 0.1) is 27.4 Å². The van der Waals surface area contributed by atoms with Crippen molar-refractivity contribution in [3.05, 3.63) is 65.4 Å². The Labute approximate surface area is 169 Å². The number of amides is 2. The molecule has 7 nitrogen and oxygen atoms in total. The Kier molecular flexibility index (Phi) is 6.86. The third-order valence-electron chi connectivity index (χ3n) is 4.56. The lowest BCUT2D eigenvalue weighted by Gasteiger charge is -2.27. The zero-order chi connectivity index (χ0) is 20.6. The molecule has 1 heterocycles. The van der Waals surface area contributed by atoms with E-state index in [0.29, 0.717) is 43.4 Å². The van der Waals surface area contributed by atoms with E-state index in [9.17, 15) is 9.59 Å². The Balaban J connectivity index is 1.85. The molecule has 3 rings (SSSR count). The number of morpholine rings is 1. The quantitative estimate of drug-likeness (QED) is 0.759. The summed E-state index contributed by atoms with van der Waals surface area (Å²) in [5.74, 6) is 0.755. The highest BCUT2D eigenvalue weighted by Crippen LogP contribution is 2.16. The van der Waals surface area contributed by atoms with E-state index in [1.807, 2.05) is 12.1 Å². The molecule has 1 saturated heterocycles. The molecule has 0 aromatic heterocycles. The summed E-state index contributed by atoms with van der Waals surface area (Å²) in [7, 11) is 3.15. The summed E-state index contributed by atoms with van der Waals surface area (Å²) < 4.78 is 15.6. The third-order valence-corrected chi connectivity index (χ3v) is 4.56. The molecule has 2 aromatic carbocycles. The van der Waals surface area contributed by atoms with Crippen molar-refractivity contribution in [3.63, 3.8) is 0 Å². The van der Waals surface area contributed by atoms with Gasteiger partial charge in [0.1, 0.15) is 17.2 Å². The smallest absolute Gasteiger partial charge is 0.270 e. The van der Waals surface area contributed by atoms with Crippen LogP contribution in [0, 0.1) is 0 Å². The lowest BCUT2D eigenvalue weighted by Crippen LogP contribution is -2.44. The first-order chi connectivity index (χ1) is 14.1. The number of carbonyl (C=O) groups excluding carboxylic acids is 2. The van der Waals surface area contributed by atoms with Crippen molar-refractivity contribution in [2.75, 3.05) is 40.5 Å². The van der Waals surface area contributed by atoms with Crippen LogP contribution in [0.1, 0.15) is 15.9 Å². The molecule has 0 atom stereocenters.